The van der Waals surface area contributed by atoms with Gasteiger partial charge in [-0.05, 0) is 406 Å². The SMILES string of the molecule is C.C.C.C1CCOC1.C[C@H](CCC(C)(C)O)[C@H]1CCC2C3CC[C@H]4CC(=O)CC[C@]4(C)C3CC[C@@]21C.C[C@H](CCC(C)(C)O)[C@H]1CCC2C3CC[C@H]4C[C@@](C)(O)CC[C@]4(C)C3CC[C@@]21C.C[C@H](CCC(C)(C)O)[C@H]1CCC2C3CC[C@H]4C[C@](C)(O)CC[C@]4(C)C3CC[C@@]21C.[CH3-].[Cl-].[Mg+2]. The molecule has 26 atom stereocenters. The Morgan fingerprint density at radius 2 is 0.701 bits per heavy atom. The first-order chi connectivity index (χ1) is 42.3. The van der Waals surface area contributed by atoms with Crippen molar-refractivity contribution >= 4 is 28.8 Å². The van der Waals surface area contributed by atoms with Gasteiger partial charge in [-0.3, -0.25) is 4.79 Å². The molecule has 9 unspecified atom stereocenters. The number of hydrogen-bond donors (Lipinski definition) is 5. The zero-order valence-corrected chi connectivity index (χ0v) is 66.9. The summed E-state index contributed by atoms with van der Waals surface area (Å²) in [6.45, 7) is 41.0. The molecule has 0 radical (unpaired) electrons. The Labute approximate surface area is 624 Å². The molecule has 1 aliphatic heterocycles. The molecule has 5 N–H and O–H groups in total. The Kier molecular flexibility index (Phi) is 31.3. The van der Waals surface area contributed by atoms with Crippen molar-refractivity contribution in [2.24, 2.45) is 139 Å². The largest absolute Gasteiger partial charge is 2.00 e. The Bertz CT molecular complexity index is 2310. The van der Waals surface area contributed by atoms with Crippen LogP contribution >= 0.6 is 0 Å². The molecular formula is C88H163ClMgO7. The van der Waals surface area contributed by atoms with E-state index in [1.165, 1.54) is 154 Å². The first kappa shape index (κ1) is 89.9. The first-order valence-electron chi connectivity index (χ1n) is 40.0. The molecule has 13 fully saturated rings. The maximum absolute atomic E-state index is 12.1. The summed E-state index contributed by atoms with van der Waals surface area (Å²) in [6, 6.07) is 0. The van der Waals surface area contributed by atoms with Crippen LogP contribution in [0.2, 0.25) is 0 Å². The fourth-order valence-corrected chi connectivity index (χ4v) is 27.7. The third-order valence-corrected chi connectivity index (χ3v) is 33.1. The second-order valence-electron chi connectivity index (χ2n) is 40.6. The summed E-state index contributed by atoms with van der Waals surface area (Å²) < 4.78 is 4.94. The van der Waals surface area contributed by atoms with E-state index in [4.69, 9.17) is 4.74 Å². The molecule has 13 rings (SSSR count). The molecule has 0 aromatic rings. The van der Waals surface area contributed by atoms with Crippen molar-refractivity contribution in [2.75, 3.05) is 13.2 Å². The van der Waals surface area contributed by atoms with Gasteiger partial charge in [-0.1, -0.05) is 84.6 Å². The Balaban J connectivity index is 0.000000289. The number of hydrogen-bond acceptors (Lipinski definition) is 7. The van der Waals surface area contributed by atoms with E-state index in [-0.39, 0.29) is 65.2 Å². The minimum Gasteiger partial charge on any atom is -1.00 e. The van der Waals surface area contributed by atoms with Gasteiger partial charge >= 0.3 is 23.1 Å². The van der Waals surface area contributed by atoms with E-state index in [0.29, 0.717) is 44.2 Å². The van der Waals surface area contributed by atoms with Crippen molar-refractivity contribution in [3.63, 3.8) is 0 Å². The van der Waals surface area contributed by atoms with Gasteiger partial charge in [0.05, 0.1) is 28.0 Å². The molecule has 12 saturated carbocycles. The van der Waals surface area contributed by atoms with E-state index >= 15 is 0 Å². The average Bonchev–Trinajstić information content (AvgIpc) is 1.47. The molecule has 13 aliphatic rings. The molecule has 7 nitrogen and oxygen atoms in total. The quantitative estimate of drug-likeness (QED) is 0.0973. The van der Waals surface area contributed by atoms with Crippen molar-refractivity contribution in [2.45, 2.75) is 393 Å². The number of rotatable bonds is 12. The summed E-state index contributed by atoms with van der Waals surface area (Å²) in [5.74, 6) is 15.5. The van der Waals surface area contributed by atoms with E-state index in [2.05, 4.69) is 76.2 Å². The smallest absolute Gasteiger partial charge is 1.00 e. The second-order valence-corrected chi connectivity index (χ2v) is 40.6. The van der Waals surface area contributed by atoms with Crippen molar-refractivity contribution < 1.29 is 47.5 Å². The van der Waals surface area contributed by atoms with Gasteiger partial charge in [0, 0.05) is 26.1 Å². The summed E-state index contributed by atoms with van der Waals surface area (Å²) in [6.07, 6.45) is 43.4. The van der Waals surface area contributed by atoms with Crippen LogP contribution in [0.3, 0.4) is 0 Å². The second kappa shape index (κ2) is 33.7. The molecule has 97 heavy (non-hydrogen) atoms. The molecule has 12 aliphatic carbocycles. The van der Waals surface area contributed by atoms with Crippen LogP contribution in [-0.2, 0) is 9.53 Å². The van der Waals surface area contributed by atoms with Crippen LogP contribution in [0.4, 0.5) is 0 Å². The Hall–Kier alpha value is 0.486. The average molecular weight is 1390 g/mol. The maximum Gasteiger partial charge on any atom is 2.00 e. The zero-order valence-electron chi connectivity index (χ0n) is 64.7. The fourth-order valence-electron chi connectivity index (χ4n) is 27.7. The molecule has 9 heteroatoms. The number of aliphatic hydroxyl groups is 5. The van der Waals surface area contributed by atoms with Crippen LogP contribution in [0.5, 0.6) is 0 Å². The van der Waals surface area contributed by atoms with Gasteiger partial charge in [-0.15, -0.1) is 0 Å². The summed E-state index contributed by atoms with van der Waals surface area (Å²) in [7, 11) is 0. The number of fused-ring (bicyclic) bond motifs is 15. The van der Waals surface area contributed by atoms with E-state index < -0.39 is 28.0 Å². The topological polar surface area (TPSA) is 127 Å². The van der Waals surface area contributed by atoms with Gasteiger partial charge in [0.1, 0.15) is 5.78 Å². The van der Waals surface area contributed by atoms with Crippen molar-refractivity contribution in [1.82, 2.24) is 0 Å². The van der Waals surface area contributed by atoms with Crippen molar-refractivity contribution in [1.29, 1.82) is 0 Å². The monoisotopic (exact) mass is 1390 g/mol. The molecule has 0 amide bonds. The van der Waals surface area contributed by atoms with Crippen LogP contribution in [0.1, 0.15) is 365 Å². The standard InChI is InChI=1S/2C27H48O2.C26H44O2.C4H8O.3CH4.CH3.ClH.Mg/c2*1-18(11-13-24(2,3)28)21-9-10-22-20-8-7-19-17-25(4,29)15-16-26(19,5)23(20)12-14-27(21,22)6;1-17(10-13-24(2,3)28)21-8-9-22-20-7-6-18-16-19(27)11-14-25(18,4)23(20)12-15-26(21,22)5;1-2-4-5-3-1;;;;;;/h2*18-23,28-29H,7-17H2,1-6H3;17-18,20-23,28H,6-16H2,1-5H3;1-4H2;3*1H4;1H3;1H;/q;;;;;;;-1;;+2/p-1/t18-,19+,20?,21-,22?,23?,25+,26+,27-;18-,19+,20?,21-,22?,23?,25-,26+,27-;17-,18+,20?,21-,22?,23?,25+,26-;;;;;;;/m111......./s1. The zero-order chi connectivity index (χ0) is 66.3. The predicted molar refractivity (Wildman–Crippen MR) is 408 cm³/mol. The molecule has 0 spiro atoms. The third kappa shape index (κ3) is 18.9. The van der Waals surface area contributed by atoms with Crippen molar-refractivity contribution in [3.05, 3.63) is 7.43 Å². The normalized spacial score (nSPS) is 45.4. The van der Waals surface area contributed by atoms with Crippen LogP contribution < -0.4 is 12.4 Å². The molecule has 0 aromatic carbocycles. The van der Waals surface area contributed by atoms with Crippen LogP contribution in [-0.4, -0.2) is 95.6 Å². The van der Waals surface area contributed by atoms with E-state index in [1.54, 1.807) is 0 Å². The number of ketones is 1. The van der Waals surface area contributed by atoms with Crippen LogP contribution in [0, 0.1) is 146 Å². The van der Waals surface area contributed by atoms with Gasteiger partial charge in [0.25, 0.3) is 0 Å². The number of halogens is 1. The minimum absolute atomic E-state index is 0. The Morgan fingerprint density at radius 1 is 0.412 bits per heavy atom. The molecule has 0 bridgehead atoms. The molecule has 566 valence electrons. The molecule has 1 saturated heterocycles. The number of Topliss-reactive ketones (excluding diaryl/α,β-unsaturated/α-hetero) is 1. The first-order valence-corrected chi connectivity index (χ1v) is 40.0. The Morgan fingerprint density at radius 3 is 0.990 bits per heavy atom. The molecule has 1 heterocycles. The maximum atomic E-state index is 12.1. The van der Waals surface area contributed by atoms with Gasteiger partial charge in [0.2, 0.25) is 0 Å². The third-order valence-electron chi connectivity index (χ3n) is 33.1. The predicted octanol–water partition coefficient (Wildman–Crippen LogP) is 19.3. The number of carbonyl (C=O) groups excluding carboxylic acids is 1. The minimum atomic E-state index is -0.532. The number of ether oxygens (including phenoxy) is 1. The van der Waals surface area contributed by atoms with Gasteiger partial charge in [0.15, 0.2) is 0 Å². The summed E-state index contributed by atoms with van der Waals surface area (Å²) in [5, 5.41) is 52.0. The summed E-state index contributed by atoms with van der Waals surface area (Å²) in [4.78, 5) is 12.1. The van der Waals surface area contributed by atoms with Crippen molar-refractivity contribution in [3.8, 4) is 0 Å². The van der Waals surface area contributed by atoms with Crippen LogP contribution in [0.25, 0.3) is 0 Å². The van der Waals surface area contributed by atoms with E-state index in [1.807, 2.05) is 41.5 Å². The van der Waals surface area contributed by atoms with Gasteiger partial charge < -0.3 is 50.1 Å². The summed E-state index contributed by atoms with van der Waals surface area (Å²) in [5.41, 5.74) is 0.483. The van der Waals surface area contributed by atoms with Crippen LogP contribution in [0.15, 0.2) is 0 Å². The van der Waals surface area contributed by atoms with Gasteiger partial charge in [-0.25, -0.2) is 0 Å². The summed E-state index contributed by atoms with van der Waals surface area (Å²) >= 11 is 0. The van der Waals surface area contributed by atoms with Gasteiger partial charge in [-0.2, -0.15) is 0 Å². The fraction of sp³-hybridized carbons (Fsp3) is 0.977. The van der Waals surface area contributed by atoms with E-state index in [0.717, 1.165) is 184 Å². The molecular weight excluding hydrogens is 1230 g/mol. The van der Waals surface area contributed by atoms with E-state index in [9.17, 15) is 30.3 Å². The molecule has 0 aromatic heterocycles. The number of carbonyl (C=O) groups is 1.